The molecule has 1 rings (SSSR count). The molecule has 2 nitrogen and oxygen atoms in total. The van der Waals surface area contributed by atoms with Gasteiger partial charge in [-0.1, -0.05) is 12.1 Å². The van der Waals surface area contributed by atoms with Crippen molar-refractivity contribution < 1.29 is 4.74 Å². The van der Waals surface area contributed by atoms with Crippen LogP contribution in [0.1, 0.15) is 24.1 Å². The summed E-state index contributed by atoms with van der Waals surface area (Å²) in [6.07, 6.45) is 0. The van der Waals surface area contributed by atoms with Crippen molar-refractivity contribution >= 4 is 0 Å². The number of hydrogen-bond acceptors (Lipinski definition) is 2. The van der Waals surface area contributed by atoms with E-state index in [1.54, 1.807) is 7.11 Å². The standard InChI is InChI=1S/C10H15NO/c1-7-6-9(8(2)11)4-5-10(7)12-3/h4-6,8H,11H2,1-3H3. The summed E-state index contributed by atoms with van der Waals surface area (Å²) in [5, 5.41) is 0. The van der Waals surface area contributed by atoms with Crippen LogP contribution in [0.3, 0.4) is 0 Å². The molecule has 0 amide bonds. The van der Waals surface area contributed by atoms with Gasteiger partial charge in [0.05, 0.1) is 7.11 Å². The van der Waals surface area contributed by atoms with Crippen molar-refractivity contribution in [3.63, 3.8) is 0 Å². The summed E-state index contributed by atoms with van der Waals surface area (Å²) >= 11 is 0. The Morgan fingerprint density at radius 1 is 1.42 bits per heavy atom. The Labute approximate surface area is 73.3 Å². The Balaban J connectivity index is 3.02. The van der Waals surface area contributed by atoms with Crippen LogP contribution in [-0.4, -0.2) is 7.11 Å². The molecular formula is C10H15NO. The molecular weight excluding hydrogens is 150 g/mol. The number of rotatable bonds is 2. The highest BCUT2D eigenvalue weighted by Gasteiger charge is 2.02. The number of benzene rings is 1. The molecule has 66 valence electrons. The van der Waals surface area contributed by atoms with Gasteiger partial charge in [-0.05, 0) is 31.0 Å². The summed E-state index contributed by atoms with van der Waals surface area (Å²) < 4.78 is 5.14. The molecule has 0 spiro atoms. The van der Waals surface area contributed by atoms with Gasteiger partial charge in [0.2, 0.25) is 0 Å². The second-order valence-corrected chi connectivity index (χ2v) is 3.02. The molecule has 0 heterocycles. The van der Waals surface area contributed by atoms with Crippen LogP contribution < -0.4 is 10.5 Å². The Hall–Kier alpha value is -1.02. The fourth-order valence-corrected chi connectivity index (χ4v) is 1.18. The minimum atomic E-state index is 0.0922. The maximum atomic E-state index is 5.73. The van der Waals surface area contributed by atoms with Crippen molar-refractivity contribution in [2.24, 2.45) is 5.73 Å². The molecule has 0 saturated carbocycles. The van der Waals surface area contributed by atoms with E-state index in [9.17, 15) is 0 Å². The first-order chi connectivity index (χ1) is 5.65. The van der Waals surface area contributed by atoms with Crippen molar-refractivity contribution in [1.82, 2.24) is 0 Å². The first-order valence-corrected chi connectivity index (χ1v) is 4.05. The van der Waals surface area contributed by atoms with E-state index < -0.39 is 0 Å². The second kappa shape index (κ2) is 3.59. The Morgan fingerprint density at radius 3 is 2.50 bits per heavy atom. The summed E-state index contributed by atoms with van der Waals surface area (Å²) in [7, 11) is 1.67. The highest BCUT2D eigenvalue weighted by Crippen LogP contribution is 2.20. The van der Waals surface area contributed by atoms with E-state index in [1.807, 2.05) is 26.0 Å². The lowest BCUT2D eigenvalue weighted by Crippen LogP contribution is -2.05. The van der Waals surface area contributed by atoms with Gasteiger partial charge < -0.3 is 10.5 Å². The Morgan fingerprint density at radius 2 is 2.08 bits per heavy atom. The van der Waals surface area contributed by atoms with Gasteiger partial charge in [-0.3, -0.25) is 0 Å². The van der Waals surface area contributed by atoms with Crippen molar-refractivity contribution in [2.75, 3.05) is 7.11 Å². The predicted molar refractivity (Wildman–Crippen MR) is 50.3 cm³/mol. The van der Waals surface area contributed by atoms with Crippen molar-refractivity contribution in [2.45, 2.75) is 19.9 Å². The molecule has 0 fully saturated rings. The molecule has 1 aromatic rings. The van der Waals surface area contributed by atoms with Crippen LogP contribution in [0.15, 0.2) is 18.2 Å². The molecule has 1 atom stereocenters. The number of methoxy groups -OCH3 is 1. The predicted octanol–water partition coefficient (Wildman–Crippen LogP) is 2.02. The van der Waals surface area contributed by atoms with Crippen LogP contribution in [0.4, 0.5) is 0 Å². The third-order valence-corrected chi connectivity index (χ3v) is 1.94. The van der Waals surface area contributed by atoms with Crippen LogP contribution in [0, 0.1) is 6.92 Å². The maximum Gasteiger partial charge on any atom is 0.121 e. The first-order valence-electron chi connectivity index (χ1n) is 4.05. The second-order valence-electron chi connectivity index (χ2n) is 3.02. The summed E-state index contributed by atoms with van der Waals surface area (Å²) in [6.45, 7) is 3.99. The van der Waals surface area contributed by atoms with Crippen molar-refractivity contribution in [1.29, 1.82) is 0 Å². The highest BCUT2D eigenvalue weighted by atomic mass is 16.5. The monoisotopic (exact) mass is 165 g/mol. The first kappa shape index (κ1) is 9.07. The summed E-state index contributed by atoms with van der Waals surface area (Å²) in [6, 6.07) is 6.10. The highest BCUT2D eigenvalue weighted by molar-refractivity contribution is 5.37. The number of hydrogen-bond donors (Lipinski definition) is 1. The number of aryl methyl sites for hydroxylation is 1. The molecule has 1 unspecified atom stereocenters. The largest absolute Gasteiger partial charge is 0.496 e. The molecule has 1 aromatic carbocycles. The van der Waals surface area contributed by atoms with Gasteiger partial charge in [-0.25, -0.2) is 0 Å². The maximum absolute atomic E-state index is 5.73. The molecule has 2 heteroatoms. The summed E-state index contributed by atoms with van der Waals surface area (Å²) in [5.41, 5.74) is 8.01. The average Bonchev–Trinajstić information content (AvgIpc) is 2.04. The third-order valence-electron chi connectivity index (χ3n) is 1.94. The molecule has 0 aliphatic heterocycles. The quantitative estimate of drug-likeness (QED) is 0.727. The van der Waals surface area contributed by atoms with Gasteiger partial charge in [-0.2, -0.15) is 0 Å². The molecule has 0 aliphatic carbocycles. The summed E-state index contributed by atoms with van der Waals surface area (Å²) in [5.74, 6) is 0.916. The Bertz CT molecular complexity index is 269. The van der Waals surface area contributed by atoms with Gasteiger partial charge in [0.25, 0.3) is 0 Å². The van der Waals surface area contributed by atoms with Crippen LogP contribution in [0.2, 0.25) is 0 Å². The Kier molecular flexibility index (Phi) is 2.71. The van der Waals surface area contributed by atoms with E-state index in [2.05, 4.69) is 6.07 Å². The zero-order valence-electron chi connectivity index (χ0n) is 7.79. The van der Waals surface area contributed by atoms with E-state index >= 15 is 0 Å². The van der Waals surface area contributed by atoms with Gasteiger partial charge in [0.15, 0.2) is 0 Å². The molecule has 12 heavy (non-hydrogen) atoms. The molecule has 0 aliphatic rings. The number of ether oxygens (including phenoxy) is 1. The minimum absolute atomic E-state index is 0.0922. The smallest absolute Gasteiger partial charge is 0.121 e. The number of nitrogens with two attached hydrogens (primary N) is 1. The topological polar surface area (TPSA) is 35.2 Å². The lowest BCUT2D eigenvalue weighted by atomic mass is 10.1. The van der Waals surface area contributed by atoms with E-state index in [0.717, 1.165) is 16.9 Å². The SMILES string of the molecule is COc1ccc(C(C)N)cc1C. The van der Waals surface area contributed by atoms with Gasteiger partial charge in [-0.15, -0.1) is 0 Å². The van der Waals surface area contributed by atoms with E-state index in [0.29, 0.717) is 0 Å². The van der Waals surface area contributed by atoms with Gasteiger partial charge >= 0.3 is 0 Å². The lowest BCUT2D eigenvalue weighted by molar-refractivity contribution is 0.411. The van der Waals surface area contributed by atoms with E-state index in [-0.39, 0.29) is 6.04 Å². The minimum Gasteiger partial charge on any atom is -0.496 e. The fourth-order valence-electron chi connectivity index (χ4n) is 1.18. The average molecular weight is 165 g/mol. The summed E-state index contributed by atoms with van der Waals surface area (Å²) in [4.78, 5) is 0. The van der Waals surface area contributed by atoms with Gasteiger partial charge in [0.1, 0.15) is 5.75 Å². The van der Waals surface area contributed by atoms with E-state index in [1.165, 1.54) is 0 Å². The molecule has 0 bridgehead atoms. The molecule has 2 N–H and O–H groups in total. The normalized spacial score (nSPS) is 12.7. The lowest BCUT2D eigenvalue weighted by Gasteiger charge is -2.09. The van der Waals surface area contributed by atoms with Crippen molar-refractivity contribution in [3.05, 3.63) is 29.3 Å². The molecule has 0 aromatic heterocycles. The zero-order chi connectivity index (χ0) is 9.14. The van der Waals surface area contributed by atoms with E-state index in [4.69, 9.17) is 10.5 Å². The third kappa shape index (κ3) is 1.77. The van der Waals surface area contributed by atoms with Crippen molar-refractivity contribution in [3.8, 4) is 5.75 Å². The van der Waals surface area contributed by atoms with Crippen LogP contribution in [0.5, 0.6) is 5.75 Å². The fraction of sp³-hybridized carbons (Fsp3) is 0.400. The molecule has 0 saturated heterocycles. The molecule has 0 radical (unpaired) electrons. The van der Waals surface area contributed by atoms with Crippen LogP contribution in [0.25, 0.3) is 0 Å². The van der Waals surface area contributed by atoms with Crippen LogP contribution >= 0.6 is 0 Å². The zero-order valence-corrected chi connectivity index (χ0v) is 7.79. The van der Waals surface area contributed by atoms with Crippen LogP contribution in [-0.2, 0) is 0 Å². The van der Waals surface area contributed by atoms with Gasteiger partial charge in [0, 0.05) is 6.04 Å².